The average Bonchev–Trinajstić information content (AvgIpc) is 2.61. The molecule has 0 aromatic heterocycles. The van der Waals surface area contributed by atoms with Gasteiger partial charge >= 0.3 is 0 Å². The molecular weight excluding hydrogens is 268 g/mol. The summed E-state index contributed by atoms with van der Waals surface area (Å²) in [5.41, 5.74) is 4.71. The molecule has 0 amide bonds. The van der Waals surface area contributed by atoms with Crippen LogP contribution in [0.1, 0.15) is 16.7 Å². The molecule has 0 saturated carbocycles. The van der Waals surface area contributed by atoms with Crippen LogP contribution in [0, 0.1) is 0 Å². The van der Waals surface area contributed by atoms with E-state index in [4.69, 9.17) is 4.74 Å². The number of ether oxygens (including phenoxy) is 1. The fourth-order valence-corrected chi connectivity index (χ4v) is 2.46. The van der Waals surface area contributed by atoms with Crippen molar-refractivity contribution in [2.24, 2.45) is 0 Å². The smallest absolute Gasteiger partial charge is 0.119 e. The van der Waals surface area contributed by atoms with E-state index in [1.807, 2.05) is 24.3 Å². The van der Waals surface area contributed by atoms with Gasteiger partial charge < -0.3 is 4.74 Å². The van der Waals surface area contributed by atoms with Crippen molar-refractivity contribution < 1.29 is 4.74 Å². The lowest BCUT2D eigenvalue weighted by molar-refractivity contribution is 0.414. The van der Waals surface area contributed by atoms with E-state index < -0.39 is 0 Å². The van der Waals surface area contributed by atoms with Gasteiger partial charge in [0.25, 0.3) is 0 Å². The van der Waals surface area contributed by atoms with Crippen LogP contribution in [0.5, 0.6) is 5.75 Å². The minimum atomic E-state index is 0.868. The second kappa shape index (κ2) is 6.77. The molecule has 0 saturated heterocycles. The first-order chi connectivity index (χ1) is 10.9. The molecule has 0 atom stereocenters. The van der Waals surface area contributed by atoms with Gasteiger partial charge in [-0.25, -0.2) is 0 Å². The summed E-state index contributed by atoms with van der Waals surface area (Å²) in [6.07, 6.45) is 2.21. The summed E-state index contributed by atoms with van der Waals surface area (Å²) in [5.74, 6) is 0.868. The van der Waals surface area contributed by atoms with Gasteiger partial charge in [0.15, 0.2) is 0 Å². The first kappa shape index (κ1) is 14.2. The summed E-state index contributed by atoms with van der Waals surface area (Å²) in [6, 6.07) is 29.0. The molecule has 0 unspecified atom stereocenters. The first-order valence-corrected chi connectivity index (χ1v) is 7.33. The zero-order chi connectivity index (χ0) is 15.2. The number of benzene rings is 3. The Labute approximate surface area is 131 Å². The molecule has 0 aliphatic carbocycles. The van der Waals surface area contributed by atoms with E-state index in [0.29, 0.717) is 0 Å². The van der Waals surface area contributed by atoms with Crippen LogP contribution in [-0.2, 0) is 0 Å². The molecule has 0 fully saturated rings. The highest BCUT2D eigenvalue weighted by atomic mass is 16.5. The third kappa shape index (κ3) is 3.26. The average molecular weight is 286 g/mol. The van der Waals surface area contributed by atoms with Crippen LogP contribution >= 0.6 is 0 Å². The predicted molar refractivity (Wildman–Crippen MR) is 92.9 cm³/mol. The Bertz CT molecular complexity index is 758. The Morgan fingerprint density at radius 1 is 0.727 bits per heavy atom. The van der Waals surface area contributed by atoms with Gasteiger partial charge in [-0.15, -0.1) is 0 Å². The molecule has 0 aliphatic heterocycles. The zero-order valence-electron chi connectivity index (χ0n) is 12.6. The van der Waals surface area contributed by atoms with Gasteiger partial charge in [0.05, 0.1) is 7.11 Å². The summed E-state index contributed by atoms with van der Waals surface area (Å²) < 4.78 is 5.36. The lowest BCUT2D eigenvalue weighted by atomic mass is 9.95. The maximum absolute atomic E-state index is 5.36. The van der Waals surface area contributed by atoms with E-state index in [-0.39, 0.29) is 0 Å². The molecule has 1 nitrogen and oxygen atoms in total. The number of hydrogen-bond acceptors (Lipinski definition) is 1. The summed E-state index contributed by atoms with van der Waals surface area (Å²) in [6.45, 7) is 0. The molecule has 1 heteroatoms. The summed E-state index contributed by atoms with van der Waals surface area (Å²) in [7, 11) is 1.70. The molecule has 0 bridgehead atoms. The standard InChI is InChI=1S/C21H18O/c1-22-20-14-8-13-19(16-20)21(18-11-6-3-7-12-18)15-17-9-4-2-5-10-17/h2-16H,1H3. The van der Waals surface area contributed by atoms with Crippen molar-refractivity contribution >= 4 is 11.6 Å². The van der Waals surface area contributed by atoms with E-state index >= 15 is 0 Å². The molecule has 3 aromatic carbocycles. The Morgan fingerprint density at radius 2 is 1.36 bits per heavy atom. The minimum absolute atomic E-state index is 0.868. The van der Waals surface area contributed by atoms with Gasteiger partial charge in [-0.2, -0.15) is 0 Å². The van der Waals surface area contributed by atoms with Crippen LogP contribution in [0.3, 0.4) is 0 Å². The van der Waals surface area contributed by atoms with Crippen LogP contribution in [0.2, 0.25) is 0 Å². The molecule has 0 heterocycles. The molecular formula is C21H18O. The highest BCUT2D eigenvalue weighted by molar-refractivity contribution is 5.91. The van der Waals surface area contributed by atoms with Crippen LogP contribution in [-0.4, -0.2) is 7.11 Å². The van der Waals surface area contributed by atoms with Gasteiger partial charge in [-0.3, -0.25) is 0 Å². The largest absolute Gasteiger partial charge is 0.497 e. The third-order valence-corrected chi connectivity index (χ3v) is 3.58. The lowest BCUT2D eigenvalue weighted by Gasteiger charge is -2.10. The summed E-state index contributed by atoms with van der Waals surface area (Å²) in [5, 5.41) is 0. The fourth-order valence-electron chi connectivity index (χ4n) is 2.46. The van der Waals surface area contributed by atoms with Crippen LogP contribution in [0.4, 0.5) is 0 Å². The summed E-state index contributed by atoms with van der Waals surface area (Å²) >= 11 is 0. The van der Waals surface area contributed by atoms with Crippen LogP contribution < -0.4 is 4.74 Å². The van der Waals surface area contributed by atoms with Crippen molar-refractivity contribution in [2.45, 2.75) is 0 Å². The Morgan fingerprint density at radius 3 is 2.05 bits per heavy atom. The van der Waals surface area contributed by atoms with Gasteiger partial charge in [-0.05, 0) is 40.5 Å². The topological polar surface area (TPSA) is 9.23 Å². The van der Waals surface area contributed by atoms with Gasteiger partial charge in [0.1, 0.15) is 5.75 Å². The first-order valence-electron chi connectivity index (χ1n) is 7.33. The number of hydrogen-bond donors (Lipinski definition) is 0. The second-order valence-corrected chi connectivity index (χ2v) is 5.07. The Balaban J connectivity index is 2.13. The van der Waals surface area contributed by atoms with Gasteiger partial charge in [-0.1, -0.05) is 72.8 Å². The van der Waals surface area contributed by atoms with Crippen LogP contribution in [0.15, 0.2) is 84.9 Å². The van der Waals surface area contributed by atoms with E-state index in [1.54, 1.807) is 7.11 Å². The Kier molecular flexibility index (Phi) is 4.35. The van der Waals surface area contributed by atoms with Crippen molar-refractivity contribution in [2.75, 3.05) is 7.11 Å². The molecule has 108 valence electrons. The van der Waals surface area contributed by atoms with E-state index in [1.165, 1.54) is 16.7 Å². The molecule has 3 aromatic rings. The van der Waals surface area contributed by atoms with Crippen molar-refractivity contribution in [3.63, 3.8) is 0 Å². The van der Waals surface area contributed by atoms with Crippen molar-refractivity contribution in [1.82, 2.24) is 0 Å². The Hall–Kier alpha value is -2.80. The zero-order valence-corrected chi connectivity index (χ0v) is 12.6. The maximum Gasteiger partial charge on any atom is 0.119 e. The monoisotopic (exact) mass is 286 g/mol. The van der Waals surface area contributed by atoms with Crippen molar-refractivity contribution in [3.05, 3.63) is 102 Å². The quantitative estimate of drug-likeness (QED) is 0.593. The number of rotatable bonds is 4. The van der Waals surface area contributed by atoms with Gasteiger partial charge in [0.2, 0.25) is 0 Å². The molecule has 0 N–H and O–H groups in total. The van der Waals surface area contributed by atoms with E-state index in [2.05, 4.69) is 66.7 Å². The lowest BCUT2D eigenvalue weighted by Crippen LogP contribution is -1.90. The molecule has 3 rings (SSSR count). The van der Waals surface area contributed by atoms with Crippen molar-refractivity contribution in [1.29, 1.82) is 0 Å². The van der Waals surface area contributed by atoms with E-state index in [0.717, 1.165) is 11.3 Å². The molecule has 22 heavy (non-hydrogen) atoms. The van der Waals surface area contributed by atoms with Gasteiger partial charge in [0, 0.05) is 0 Å². The van der Waals surface area contributed by atoms with Crippen molar-refractivity contribution in [3.8, 4) is 5.75 Å². The third-order valence-electron chi connectivity index (χ3n) is 3.58. The molecule has 0 spiro atoms. The molecule has 0 aliphatic rings. The minimum Gasteiger partial charge on any atom is -0.497 e. The molecule has 0 radical (unpaired) electrons. The highest BCUT2D eigenvalue weighted by Crippen LogP contribution is 2.28. The van der Waals surface area contributed by atoms with Crippen LogP contribution in [0.25, 0.3) is 11.6 Å². The highest BCUT2D eigenvalue weighted by Gasteiger charge is 2.06. The number of methoxy groups -OCH3 is 1. The summed E-state index contributed by atoms with van der Waals surface area (Å²) in [4.78, 5) is 0. The second-order valence-electron chi connectivity index (χ2n) is 5.07. The predicted octanol–water partition coefficient (Wildman–Crippen LogP) is 5.28. The van der Waals surface area contributed by atoms with E-state index in [9.17, 15) is 0 Å². The maximum atomic E-state index is 5.36. The SMILES string of the molecule is COc1cccc(C(=Cc2ccccc2)c2ccccc2)c1. The normalized spacial score (nSPS) is 11.2. The fraction of sp³-hybridized carbons (Fsp3) is 0.0476.